The molecular formula is C7H9F2NO2. The first-order valence-corrected chi connectivity index (χ1v) is 3.84. The van der Waals surface area contributed by atoms with Gasteiger partial charge < -0.3 is 10.4 Å². The Hall–Kier alpha value is -0.710. The third-order valence-electron chi connectivity index (χ3n) is 2.86. The standard InChI is InChI=1S/C7H9F2NO2/c8-7(9)3-6(7)1-2-10-4(6)5(11)12/h4,10H,1-3H2,(H,11,12). The van der Waals surface area contributed by atoms with Crippen molar-refractivity contribution in [3.05, 3.63) is 0 Å². The van der Waals surface area contributed by atoms with Crippen molar-refractivity contribution >= 4 is 5.97 Å². The summed E-state index contributed by atoms with van der Waals surface area (Å²) in [6.45, 7) is 0.382. The monoisotopic (exact) mass is 177 g/mol. The normalized spacial score (nSPS) is 43.3. The van der Waals surface area contributed by atoms with Crippen LogP contribution in [0.3, 0.4) is 0 Å². The lowest BCUT2D eigenvalue weighted by Gasteiger charge is -2.13. The van der Waals surface area contributed by atoms with Crippen molar-refractivity contribution in [3.8, 4) is 0 Å². The van der Waals surface area contributed by atoms with Crippen LogP contribution in [0.5, 0.6) is 0 Å². The summed E-state index contributed by atoms with van der Waals surface area (Å²) in [6.07, 6.45) is 0.000926. The van der Waals surface area contributed by atoms with Gasteiger partial charge in [-0.15, -0.1) is 0 Å². The second-order valence-corrected chi connectivity index (χ2v) is 3.51. The van der Waals surface area contributed by atoms with Gasteiger partial charge in [-0.25, -0.2) is 8.78 Å². The highest BCUT2D eigenvalue weighted by Crippen LogP contribution is 2.66. The molecule has 1 saturated carbocycles. The maximum absolute atomic E-state index is 12.8. The summed E-state index contributed by atoms with van der Waals surface area (Å²) in [4.78, 5) is 10.5. The van der Waals surface area contributed by atoms with Crippen LogP contribution >= 0.6 is 0 Å². The third kappa shape index (κ3) is 0.744. The molecule has 3 nitrogen and oxygen atoms in total. The van der Waals surface area contributed by atoms with E-state index in [0.29, 0.717) is 6.54 Å². The smallest absolute Gasteiger partial charge is 0.321 e. The molecule has 1 heterocycles. The van der Waals surface area contributed by atoms with Crippen LogP contribution in [0.2, 0.25) is 0 Å². The van der Waals surface area contributed by atoms with E-state index in [0.717, 1.165) is 0 Å². The first-order valence-electron chi connectivity index (χ1n) is 3.84. The maximum atomic E-state index is 12.8. The largest absolute Gasteiger partial charge is 0.480 e. The van der Waals surface area contributed by atoms with Crippen molar-refractivity contribution in [2.45, 2.75) is 24.8 Å². The average molecular weight is 177 g/mol. The highest BCUT2D eigenvalue weighted by molar-refractivity contribution is 5.76. The first kappa shape index (κ1) is 7.91. The highest BCUT2D eigenvalue weighted by Gasteiger charge is 2.77. The number of rotatable bonds is 1. The molecule has 0 amide bonds. The molecule has 0 radical (unpaired) electrons. The van der Waals surface area contributed by atoms with Crippen LogP contribution in [0.1, 0.15) is 12.8 Å². The van der Waals surface area contributed by atoms with Crippen molar-refractivity contribution in [2.75, 3.05) is 6.54 Å². The number of halogens is 2. The topological polar surface area (TPSA) is 49.3 Å². The Labute approximate surface area is 67.8 Å². The Bertz CT molecular complexity index is 240. The molecule has 2 N–H and O–H groups in total. The van der Waals surface area contributed by atoms with E-state index >= 15 is 0 Å². The fraction of sp³-hybridized carbons (Fsp3) is 0.857. The molecule has 5 heteroatoms. The Balaban J connectivity index is 2.22. The maximum Gasteiger partial charge on any atom is 0.321 e. The summed E-state index contributed by atoms with van der Waals surface area (Å²) >= 11 is 0. The Morgan fingerprint density at radius 1 is 1.58 bits per heavy atom. The van der Waals surface area contributed by atoms with Gasteiger partial charge in [0.05, 0.1) is 5.41 Å². The number of carboxylic acids is 1. The molecule has 2 rings (SSSR count). The van der Waals surface area contributed by atoms with Crippen molar-refractivity contribution in [2.24, 2.45) is 5.41 Å². The Kier molecular flexibility index (Phi) is 1.29. The molecule has 0 aromatic carbocycles. The molecule has 2 fully saturated rings. The van der Waals surface area contributed by atoms with Crippen molar-refractivity contribution in [1.29, 1.82) is 0 Å². The lowest BCUT2D eigenvalue weighted by atomic mass is 9.97. The molecule has 0 bridgehead atoms. The Morgan fingerprint density at radius 2 is 2.17 bits per heavy atom. The van der Waals surface area contributed by atoms with Gasteiger partial charge in [0.1, 0.15) is 6.04 Å². The number of alkyl halides is 2. The van der Waals surface area contributed by atoms with Crippen molar-refractivity contribution < 1.29 is 18.7 Å². The molecule has 0 aromatic heterocycles. The molecule has 12 heavy (non-hydrogen) atoms. The number of carboxylic acid groups (broad SMARTS) is 1. The third-order valence-corrected chi connectivity index (χ3v) is 2.86. The SMILES string of the molecule is O=C(O)C1NCCC12CC2(F)F. The predicted octanol–water partition coefficient (Wildman–Crippen LogP) is 0.458. The minimum Gasteiger partial charge on any atom is -0.480 e. The van der Waals surface area contributed by atoms with E-state index < -0.39 is 23.3 Å². The summed E-state index contributed by atoms with van der Waals surface area (Å²) in [5, 5.41) is 11.2. The van der Waals surface area contributed by atoms with E-state index in [-0.39, 0.29) is 12.8 Å². The zero-order chi connectivity index (χ0) is 8.98. The summed E-state index contributed by atoms with van der Waals surface area (Å²) in [5.41, 5.74) is -1.27. The molecular weight excluding hydrogens is 168 g/mol. The fourth-order valence-electron chi connectivity index (χ4n) is 2.04. The van der Waals surface area contributed by atoms with E-state index in [9.17, 15) is 13.6 Å². The van der Waals surface area contributed by atoms with Gasteiger partial charge in [-0.1, -0.05) is 0 Å². The predicted molar refractivity (Wildman–Crippen MR) is 36.0 cm³/mol. The second kappa shape index (κ2) is 1.96. The molecule has 2 atom stereocenters. The Morgan fingerprint density at radius 3 is 2.50 bits per heavy atom. The van der Waals surface area contributed by atoms with Crippen LogP contribution < -0.4 is 5.32 Å². The number of carbonyl (C=O) groups is 1. The molecule has 1 aliphatic carbocycles. The van der Waals surface area contributed by atoms with Gasteiger partial charge in [0.25, 0.3) is 5.92 Å². The van der Waals surface area contributed by atoms with Crippen molar-refractivity contribution in [1.82, 2.24) is 5.32 Å². The van der Waals surface area contributed by atoms with Crippen LogP contribution in [-0.4, -0.2) is 29.6 Å². The van der Waals surface area contributed by atoms with Gasteiger partial charge in [0.2, 0.25) is 0 Å². The molecule has 1 saturated heterocycles. The zero-order valence-electron chi connectivity index (χ0n) is 6.31. The lowest BCUT2D eigenvalue weighted by Crippen LogP contribution is -2.38. The minimum absolute atomic E-state index is 0.274. The van der Waals surface area contributed by atoms with Gasteiger partial charge >= 0.3 is 5.97 Å². The minimum atomic E-state index is -2.76. The molecule has 1 spiro atoms. The van der Waals surface area contributed by atoms with Crippen LogP contribution in [0.15, 0.2) is 0 Å². The molecule has 2 aliphatic rings. The zero-order valence-corrected chi connectivity index (χ0v) is 6.31. The van der Waals surface area contributed by atoms with E-state index in [1.165, 1.54) is 0 Å². The first-order chi connectivity index (χ1) is 5.50. The van der Waals surface area contributed by atoms with E-state index in [1.54, 1.807) is 0 Å². The number of aliphatic carboxylic acids is 1. The summed E-state index contributed by atoms with van der Waals surface area (Å²) in [5.74, 6) is -3.93. The van der Waals surface area contributed by atoms with Crippen LogP contribution in [0.25, 0.3) is 0 Å². The number of hydrogen-bond donors (Lipinski definition) is 2. The van der Waals surface area contributed by atoms with Gasteiger partial charge in [-0.3, -0.25) is 4.79 Å². The van der Waals surface area contributed by atoms with Gasteiger partial charge in [-0.2, -0.15) is 0 Å². The summed E-state index contributed by atoms with van der Waals surface area (Å²) < 4.78 is 25.6. The molecule has 1 aliphatic heterocycles. The highest BCUT2D eigenvalue weighted by atomic mass is 19.3. The number of nitrogens with one attached hydrogen (secondary N) is 1. The van der Waals surface area contributed by atoms with Crippen LogP contribution in [-0.2, 0) is 4.79 Å². The lowest BCUT2D eigenvalue weighted by molar-refractivity contribution is -0.141. The fourth-order valence-corrected chi connectivity index (χ4v) is 2.04. The van der Waals surface area contributed by atoms with E-state index in [2.05, 4.69) is 5.32 Å². The van der Waals surface area contributed by atoms with Crippen LogP contribution in [0, 0.1) is 5.41 Å². The quantitative estimate of drug-likeness (QED) is 0.611. The van der Waals surface area contributed by atoms with E-state index in [1.807, 2.05) is 0 Å². The van der Waals surface area contributed by atoms with Crippen molar-refractivity contribution in [3.63, 3.8) is 0 Å². The molecule has 68 valence electrons. The van der Waals surface area contributed by atoms with E-state index in [4.69, 9.17) is 5.11 Å². The van der Waals surface area contributed by atoms with Gasteiger partial charge in [0.15, 0.2) is 0 Å². The number of hydrogen-bond acceptors (Lipinski definition) is 2. The van der Waals surface area contributed by atoms with Gasteiger partial charge in [-0.05, 0) is 13.0 Å². The summed E-state index contributed by atoms with van der Waals surface area (Å²) in [6, 6.07) is -1.05. The summed E-state index contributed by atoms with van der Waals surface area (Å²) in [7, 11) is 0. The van der Waals surface area contributed by atoms with Crippen LogP contribution in [0.4, 0.5) is 8.78 Å². The average Bonchev–Trinajstić information content (AvgIpc) is 2.40. The molecule has 0 aromatic rings. The van der Waals surface area contributed by atoms with Gasteiger partial charge in [0, 0.05) is 6.42 Å². The molecule has 2 unspecified atom stereocenters. The second-order valence-electron chi connectivity index (χ2n) is 3.51.